The van der Waals surface area contributed by atoms with Crippen LogP contribution in [0.5, 0.6) is 0 Å². The SMILES string of the molecule is Cc1cc(NCC2CCN(C)CC2)c(C(=O)NCC(F)(F)F)nn1. The minimum Gasteiger partial charge on any atom is -0.383 e. The zero-order chi connectivity index (χ0) is 17.7. The number of carbonyl (C=O) groups excluding carboxylic acids is 1. The highest BCUT2D eigenvalue weighted by Crippen LogP contribution is 2.19. The fourth-order valence-electron chi connectivity index (χ4n) is 2.58. The van der Waals surface area contributed by atoms with Crippen LogP contribution in [0, 0.1) is 12.8 Å². The second kappa shape index (κ2) is 7.78. The summed E-state index contributed by atoms with van der Waals surface area (Å²) in [7, 11) is 2.07. The lowest BCUT2D eigenvalue weighted by molar-refractivity contribution is -0.123. The highest BCUT2D eigenvalue weighted by molar-refractivity contribution is 5.97. The summed E-state index contributed by atoms with van der Waals surface area (Å²) in [6.45, 7) is 3.00. The molecule has 1 saturated heterocycles. The number of aromatic nitrogens is 2. The van der Waals surface area contributed by atoms with E-state index in [-0.39, 0.29) is 5.69 Å². The van der Waals surface area contributed by atoms with Crippen molar-refractivity contribution in [2.45, 2.75) is 25.9 Å². The van der Waals surface area contributed by atoms with E-state index in [0.717, 1.165) is 25.9 Å². The van der Waals surface area contributed by atoms with Crippen LogP contribution in [-0.2, 0) is 0 Å². The topological polar surface area (TPSA) is 70.2 Å². The summed E-state index contributed by atoms with van der Waals surface area (Å²) >= 11 is 0. The van der Waals surface area contributed by atoms with Crippen molar-refractivity contribution >= 4 is 11.6 Å². The largest absolute Gasteiger partial charge is 0.405 e. The molecule has 0 unspecified atom stereocenters. The number of nitrogens with one attached hydrogen (secondary N) is 2. The zero-order valence-electron chi connectivity index (χ0n) is 13.8. The van der Waals surface area contributed by atoms with E-state index in [2.05, 4.69) is 27.5 Å². The van der Waals surface area contributed by atoms with Crippen LogP contribution in [0.1, 0.15) is 29.0 Å². The number of rotatable bonds is 5. The first-order chi connectivity index (χ1) is 11.2. The molecule has 1 aliphatic rings. The monoisotopic (exact) mass is 345 g/mol. The molecule has 1 amide bonds. The minimum atomic E-state index is -4.46. The lowest BCUT2D eigenvalue weighted by atomic mass is 9.97. The van der Waals surface area contributed by atoms with E-state index < -0.39 is 18.6 Å². The van der Waals surface area contributed by atoms with Gasteiger partial charge in [-0.3, -0.25) is 4.79 Å². The van der Waals surface area contributed by atoms with Gasteiger partial charge in [-0.1, -0.05) is 0 Å². The van der Waals surface area contributed by atoms with Gasteiger partial charge < -0.3 is 15.5 Å². The van der Waals surface area contributed by atoms with E-state index in [1.807, 2.05) is 5.32 Å². The molecule has 134 valence electrons. The van der Waals surface area contributed by atoms with E-state index in [1.165, 1.54) is 0 Å². The van der Waals surface area contributed by atoms with Crippen LogP contribution in [0.3, 0.4) is 0 Å². The Morgan fingerprint density at radius 3 is 2.62 bits per heavy atom. The summed E-state index contributed by atoms with van der Waals surface area (Å²) in [6.07, 6.45) is -2.39. The van der Waals surface area contributed by atoms with Crippen molar-refractivity contribution in [3.8, 4) is 0 Å². The van der Waals surface area contributed by atoms with Crippen molar-refractivity contribution in [2.75, 3.05) is 38.5 Å². The summed E-state index contributed by atoms with van der Waals surface area (Å²) in [4.78, 5) is 14.2. The zero-order valence-corrected chi connectivity index (χ0v) is 13.8. The maximum Gasteiger partial charge on any atom is 0.405 e. The predicted molar refractivity (Wildman–Crippen MR) is 83.9 cm³/mol. The average molecular weight is 345 g/mol. The van der Waals surface area contributed by atoms with Gasteiger partial charge in [0.1, 0.15) is 6.54 Å². The summed E-state index contributed by atoms with van der Waals surface area (Å²) in [6, 6.07) is 1.63. The summed E-state index contributed by atoms with van der Waals surface area (Å²) in [5.41, 5.74) is 0.895. The number of halogens is 3. The van der Waals surface area contributed by atoms with Gasteiger partial charge in [0.25, 0.3) is 5.91 Å². The molecule has 0 bridgehead atoms. The molecule has 2 heterocycles. The van der Waals surface area contributed by atoms with Gasteiger partial charge in [-0.05, 0) is 51.9 Å². The van der Waals surface area contributed by atoms with Crippen LogP contribution in [-0.4, -0.2) is 60.4 Å². The number of alkyl halides is 3. The minimum absolute atomic E-state index is 0.113. The number of hydrogen-bond acceptors (Lipinski definition) is 5. The van der Waals surface area contributed by atoms with Crippen molar-refractivity contribution in [3.05, 3.63) is 17.5 Å². The molecule has 0 atom stereocenters. The molecule has 2 N–H and O–H groups in total. The molecule has 0 aromatic carbocycles. The third-order valence-electron chi connectivity index (χ3n) is 4.00. The van der Waals surface area contributed by atoms with Gasteiger partial charge >= 0.3 is 6.18 Å². The third kappa shape index (κ3) is 5.63. The molecule has 1 aliphatic heterocycles. The number of carbonyl (C=O) groups is 1. The fraction of sp³-hybridized carbons (Fsp3) is 0.667. The van der Waals surface area contributed by atoms with Gasteiger partial charge in [-0.25, -0.2) is 0 Å². The maximum absolute atomic E-state index is 12.2. The number of nitrogens with zero attached hydrogens (tertiary/aromatic N) is 3. The van der Waals surface area contributed by atoms with Gasteiger partial charge in [-0.2, -0.15) is 18.3 Å². The molecule has 2 rings (SSSR count). The first-order valence-corrected chi connectivity index (χ1v) is 7.86. The molecule has 9 heteroatoms. The Morgan fingerprint density at radius 2 is 2.00 bits per heavy atom. The van der Waals surface area contributed by atoms with Crippen molar-refractivity contribution in [1.82, 2.24) is 20.4 Å². The molecule has 1 fully saturated rings. The van der Waals surface area contributed by atoms with Gasteiger partial charge in [0.15, 0.2) is 5.69 Å². The Labute approximate surface area is 138 Å². The van der Waals surface area contributed by atoms with Gasteiger partial charge in [-0.15, -0.1) is 5.10 Å². The highest BCUT2D eigenvalue weighted by Gasteiger charge is 2.29. The Balaban J connectivity index is 2.00. The van der Waals surface area contributed by atoms with Gasteiger partial charge in [0.2, 0.25) is 0 Å². The molecule has 0 aliphatic carbocycles. The van der Waals surface area contributed by atoms with Crippen molar-refractivity contribution in [2.24, 2.45) is 5.92 Å². The Morgan fingerprint density at radius 1 is 1.33 bits per heavy atom. The molecule has 24 heavy (non-hydrogen) atoms. The number of anilines is 1. The van der Waals surface area contributed by atoms with E-state index in [0.29, 0.717) is 23.8 Å². The molecule has 0 radical (unpaired) electrons. The van der Waals surface area contributed by atoms with E-state index >= 15 is 0 Å². The number of likely N-dealkylation sites (tertiary alicyclic amines) is 1. The number of hydrogen-bond donors (Lipinski definition) is 2. The average Bonchev–Trinajstić information content (AvgIpc) is 2.51. The molecular formula is C15H22F3N5O. The van der Waals surface area contributed by atoms with E-state index in [9.17, 15) is 18.0 Å². The maximum atomic E-state index is 12.2. The quantitative estimate of drug-likeness (QED) is 0.852. The molecule has 6 nitrogen and oxygen atoms in total. The molecule has 0 spiro atoms. The van der Waals surface area contributed by atoms with Gasteiger partial charge in [0.05, 0.1) is 11.4 Å². The van der Waals surface area contributed by atoms with Crippen LogP contribution < -0.4 is 10.6 Å². The summed E-state index contributed by atoms with van der Waals surface area (Å²) in [5, 5.41) is 12.5. The smallest absolute Gasteiger partial charge is 0.383 e. The normalized spacial score (nSPS) is 16.9. The predicted octanol–water partition coefficient (Wildman–Crippen LogP) is 1.83. The first kappa shape index (κ1) is 18.4. The molecule has 0 saturated carbocycles. The van der Waals surface area contributed by atoms with Crippen molar-refractivity contribution in [1.29, 1.82) is 0 Å². The number of aryl methyl sites for hydroxylation is 1. The van der Waals surface area contributed by atoms with Crippen molar-refractivity contribution in [3.63, 3.8) is 0 Å². The van der Waals surface area contributed by atoms with Crippen LogP contribution in [0.2, 0.25) is 0 Å². The number of amides is 1. The molecule has 1 aromatic heterocycles. The highest BCUT2D eigenvalue weighted by atomic mass is 19.4. The number of piperidine rings is 1. The Hall–Kier alpha value is -1.90. The summed E-state index contributed by atoms with van der Waals surface area (Å²) < 4.78 is 36.7. The van der Waals surface area contributed by atoms with E-state index in [1.54, 1.807) is 13.0 Å². The fourth-order valence-corrected chi connectivity index (χ4v) is 2.58. The standard InChI is InChI=1S/C15H22F3N5O/c1-10-7-12(19-8-11-3-5-23(2)6-4-11)13(22-21-10)14(24)20-9-15(16,17)18/h7,11H,3-6,8-9H2,1-2H3,(H,19,21)(H,20,24). The Bertz CT molecular complexity index is 571. The van der Waals surface area contributed by atoms with E-state index in [4.69, 9.17) is 0 Å². The lowest BCUT2D eigenvalue weighted by Gasteiger charge is -2.29. The van der Waals surface area contributed by atoms with Crippen LogP contribution in [0.4, 0.5) is 18.9 Å². The first-order valence-electron chi connectivity index (χ1n) is 7.86. The molecule has 1 aromatic rings. The second-order valence-electron chi connectivity index (χ2n) is 6.17. The van der Waals surface area contributed by atoms with Gasteiger partial charge in [0, 0.05) is 6.54 Å². The second-order valence-corrected chi connectivity index (χ2v) is 6.17. The third-order valence-corrected chi connectivity index (χ3v) is 4.00. The Kier molecular flexibility index (Phi) is 5.98. The summed E-state index contributed by atoms with van der Waals surface area (Å²) in [5.74, 6) is -0.425. The van der Waals surface area contributed by atoms with Crippen LogP contribution >= 0.6 is 0 Å². The van der Waals surface area contributed by atoms with Crippen LogP contribution in [0.25, 0.3) is 0 Å². The molecular weight excluding hydrogens is 323 g/mol. The van der Waals surface area contributed by atoms with Crippen molar-refractivity contribution < 1.29 is 18.0 Å². The lowest BCUT2D eigenvalue weighted by Crippen LogP contribution is -2.35. The van der Waals surface area contributed by atoms with Crippen LogP contribution in [0.15, 0.2) is 6.07 Å².